The summed E-state index contributed by atoms with van der Waals surface area (Å²) in [7, 11) is 5.74. The van der Waals surface area contributed by atoms with E-state index in [4.69, 9.17) is 4.74 Å². The summed E-state index contributed by atoms with van der Waals surface area (Å²) in [6.45, 7) is 0.101. The van der Waals surface area contributed by atoms with Crippen LogP contribution in [0.1, 0.15) is 40.8 Å². The summed E-state index contributed by atoms with van der Waals surface area (Å²) < 4.78 is 19.5. The Kier molecular flexibility index (Phi) is 7.45. The summed E-state index contributed by atoms with van der Waals surface area (Å²) in [5.74, 6) is -3.25. The number of likely N-dealkylation sites (N-methyl/N-ethyl adjacent to an activating group) is 1. The first-order chi connectivity index (χ1) is 16.0. The fraction of sp³-hybridized carbons (Fsp3) is 0.435. The topological polar surface area (TPSA) is 122 Å². The fourth-order valence-electron chi connectivity index (χ4n) is 3.88. The van der Waals surface area contributed by atoms with E-state index in [2.05, 4.69) is 4.98 Å². The minimum absolute atomic E-state index is 0.0624. The molecule has 182 valence electrons. The van der Waals surface area contributed by atoms with Gasteiger partial charge in [0.15, 0.2) is 11.5 Å². The number of hydrogen-bond donors (Lipinski definition) is 1. The van der Waals surface area contributed by atoms with E-state index >= 15 is 0 Å². The van der Waals surface area contributed by atoms with Crippen molar-refractivity contribution < 1.29 is 28.6 Å². The summed E-state index contributed by atoms with van der Waals surface area (Å²) in [4.78, 5) is 57.4. The molecule has 0 saturated carbocycles. The lowest BCUT2D eigenvalue weighted by atomic mass is 10.1. The highest BCUT2D eigenvalue weighted by Gasteiger charge is 2.41. The highest BCUT2D eigenvalue weighted by Crippen LogP contribution is 2.33. The molecule has 2 aromatic rings. The van der Waals surface area contributed by atoms with Gasteiger partial charge in [-0.1, -0.05) is 12.1 Å². The van der Waals surface area contributed by atoms with Crippen LogP contribution >= 0.6 is 0 Å². The van der Waals surface area contributed by atoms with Crippen molar-refractivity contribution in [3.63, 3.8) is 0 Å². The van der Waals surface area contributed by atoms with Gasteiger partial charge in [-0.3, -0.25) is 23.7 Å². The van der Waals surface area contributed by atoms with Crippen molar-refractivity contribution in [3.05, 3.63) is 57.5 Å². The molecule has 2 amide bonds. The number of amides is 2. The molecule has 1 aliphatic heterocycles. The average molecular weight is 474 g/mol. The van der Waals surface area contributed by atoms with Gasteiger partial charge >= 0.3 is 11.8 Å². The lowest BCUT2D eigenvalue weighted by molar-refractivity contribution is -0.151. The van der Waals surface area contributed by atoms with Gasteiger partial charge in [0, 0.05) is 47.6 Å². The van der Waals surface area contributed by atoms with Crippen molar-refractivity contribution in [2.45, 2.75) is 31.4 Å². The minimum Gasteiger partial charge on any atom is -0.501 e. The van der Waals surface area contributed by atoms with Crippen LogP contribution in [-0.4, -0.2) is 75.9 Å². The average Bonchev–Trinajstić information content (AvgIpc) is 3.25. The van der Waals surface area contributed by atoms with Crippen LogP contribution in [0.25, 0.3) is 0 Å². The smallest absolute Gasteiger partial charge is 0.312 e. The number of ether oxygens (including phenoxy) is 1. The molecule has 11 heteroatoms. The molecule has 1 aromatic heterocycles. The molecular weight excluding hydrogens is 447 g/mol. The number of rotatable bonds is 6. The Hall–Kier alpha value is -3.60. The molecule has 1 unspecified atom stereocenters. The molecule has 1 saturated heterocycles. The highest BCUT2D eigenvalue weighted by atomic mass is 19.1. The van der Waals surface area contributed by atoms with Crippen LogP contribution in [-0.2, 0) is 27.8 Å². The van der Waals surface area contributed by atoms with Crippen LogP contribution in [0, 0.1) is 5.82 Å². The van der Waals surface area contributed by atoms with Gasteiger partial charge in [0.2, 0.25) is 5.75 Å². The molecule has 34 heavy (non-hydrogen) atoms. The van der Waals surface area contributed by atoms with Crippen LogP contribution in [0.15, 0.2) is 29.1 Å². The second-order valence-electron chi connectivity index (χ2n) is 8.35. The van der Waals surface area contributed by atoms with Gasteiger partial charge in [0.25, 0.3) is 5.56 Å². The Balaban J connectivity index is 1.95. The van der Waals surface area contributed by atoms with Crippen molar-refractivity contribution in [3.8, 4) is 5.75 Å². The molecule has 1 aromatic carbocycles. The van der Waals surface area contributed by atoms with Gasteiger partial charge in [-0.05, 0) is 24.1 Å². The number of methoxy groups -OCH3 is 1. The van der Waals surface area contributed by atoms with Gasteiger partial charge in [-0.2, -0.15) is 0 Å². The van der Waals surface area contributed by atoms with E-state index in [-0.39, 0.29) is 31.6 Å². The summed E-state index contributed by atoms with van der Waals surface area (Å²) in [6.07, 6.45) is 0.0117. The number of carbonyl (C=O) groups excluding carboxylic acids is 3. The molecule has 1 aliphatic rings. The number of nitrogens with zero attached hydrogens (tertiary/aromatic N) is 4. The Morgan fingerprint density at radius 1 is 1.24 bits per heavy atom. The lowest BCUT2D eigenvalue weighted by Gasteiger charge is -2.26. The Labute approximate surface area is 195 Å². The Morgan fingerprint density at radius 2 is 1.88 bits per heavy atom. The number of aromatic hydroxyl groups is 1. The third kappa shape index (κ3) is 4.98. The number of halogens is 1. The standard InChI is InChI=1S/C23H27FN4O6/c1-26(2)22(32)23(33)28-12-15(34-4)11-16(28)20-25-18(19(30)21(31)27(20)3)17(29)10-7-13-5-8-14(24)9-6-13/h5-6,8-9,15-16,30H,7,10-12H2,1-4H3/t15-,16?/m1/s1. The van der Waals surface area contributed by atoms with E-state index in [1.807, 2.05) is 0 Å². The third-order valence-corrected chi connectivity index (χ3v) is 5.86. The molecule has 2 atom stereocenters. The van der Waals surface area contributed by atoms with Crippen molar-refractivity contribution in [2.24, 2.45) is 7.05 Å². The number of carbonyl (C=O) groups is 3. The fourth-order valence-corrected chi connectivity index (χ4v) is 3.88. The first kappa shape index (κ1) is 25.0. The van der Waals surface area contributed by atoms with Gasteiger partial charge in [-0.15, -0.1) is 0 Å². The lowest BCUT2D eigenvalue weighted by Crippen LogP contribution is -2.44. The van der Waals surface area contributed by atoms with Crippen LogP contribution in [0.5, 0.6) is 5.75 Å². The zero-order valence-corrected chi connectivity index (χ0v) is 19.4. The Bertz CT molecular complexity index is 1160. The second kappa shape index (κ2) is 10.1. The molecule has 0 spiro atoms. The summed E-state index contributed by atoms with van der Waals surface area (Å²) in [5.41, 5.74) is -0.550. The van der Waals surface area contributed by atoms with Crippen molar-refractivity contribution in [1.82, 2.24) is 19.4 Å². The maximum atomic E-state index is 13.1. The highest BCUT2D eigenvalue weighted by molar-refractivity contribution is 6.34. The zero-order valence-electron chi connectivity index (χ0n) is 19.4. The zero-order chi connectivity index (χ0) is 25.2. The number of aryl methyl sites for hydroxylation is 1. The molecule has 1 N–H and O–H groups in total. The Morgan fingerprint density at radius 3 is 2.47 bits per heavy atom. The normalized spacial score (nSPS) is 17.6. The first-order valence-electron chi connectivity index (χ1n) is 10.7. The predicted octanol–water partition coefficient (Wildman–Crippen LogP) is 0.817. The van der Waals surface area contributed by atoms with E-state index in [9.17, 15) is 28.7 Å². The number of likely N-dealkylation sites (tertiary alicyclic amines) is 1. The number of benzene rings is 1. The predicted molar refractivity (Wildman–Crippen MR) is 119 cm³/mol. The molecule has 0 radical (unpaired) electrons. The van der Waals surface area contributed by atoms with Gasteiger partial charge in [-0.25, -0.2) is 9.37 Å². The maximum absolute atomic E-state index is 13.1. The van der Waals surface area contributed by atoms with Crippen LogP contribution in [0.4, 0.5) is 4.39 Å². The molecule has 10 nitrogen and oxygen atoms in total. The van der Waals surface area contributed by atoms with E-state index in [1.54, 1.807) is 12.1 Å². The molecule has 1 fully saturated rings. The monoisotopic (exact) mass is 474 g/mol. The van der Waals surface area contributed by atoms with E-state index < -0.39 is 52.6 Å². The maximum Gasteiger partial charge on any atom is 0.312 e. The van der Waals surface area contributed by atoms with Crippen molar-refractivity contribution in [1.29, 1.82) is 0 Å². The number of Topliss-reactive ketones (excluding diaryl/α,β-unsaturated/α-hetero) is 1. The van der Waals surface area contributed by atoms with Gasteiger partial charge in [0.1, 0.15) is 11.6 Å². The number of hydrogen-bond acceptors (Lipinski definition) is 7. The van der Waals surface area contributed by atoms with Crippen LogP contribution < -0.4 is 5.56 Å². The van der Waals surface area contributed by atoms with Crippen LogP contribution in [0.3, 0.4) is 0 Å². The third-order valence-electron chi connectivity index (χ3n) is 5.86. The molecule has 3 rings (SSSR count). The number of aromatic nitrogens is 2. The van der Waals surface area contributed by atoms with Gasteiger partial charge in [0.05, 0.1) is 12.1 Å². The number of ketones is 1. The van der Waals surface area contributed by atoms with Crippen molar-refractivity contribution in [2.75, 3.05) is 27.7 Å². The SMILES string of the molecule is CO[C@@H]1CC(c2nc(C(=O)CCc3ccc(F)cc3)c(O)c(=O)n2C)N(C(=O)C(=O)N(C)C)C1. The summed E-state index contributed by atoms with van der Waals surface area (Å²) in [6, 6.07) is 4.82. The second-order valence-corrected chi connectivity index (χ2v) is 8.35. The molecule has 0 aliphatic carbocycles. The molecule has 2 heterocycles. The molecular formula is C23H27FN4O6. The summed E-state index contributed by atoms with van der Waals surface area (Å²) >= 11 is 0. The molecule has 0 bridgehead atoms. The largest absolute Gasteiger partial charge is 0.501 e. The minimum atomic E-state index is -0.845. The van der Waals surface area contributed by atoms with Gasteiger partial charge < -0.3 is 19.6 Å². The van der Waals surface area contributed by atoms with Crippen LogP contribution in [0.2, 0.25) is 0 Å². The van der Waals surface area contributed by atoms with E-state index in [0.29, 0.717) is 5.56 Å². The van der Waals surface area contributed by atoms with Crippen molar-refractivity contribution >= 4 is 17.6 Å². The quantitative estimate of drug-likeness (QED) is 0.486. The first-order valence-corrected chi connectivity index (χ1v) is 10.7. The van der Waals surface area contributed by atoms with E-state index in [0.717, 1.165) is 9.47 Å². The summed E-state index contributed by atoms with van der Waals surface area (Å²) in [5, 5.41) is 10.4. The van der Waals surface area contributed by atoms with E-state index in [1.165, 1.54) is 45.3 Å².